The number of nitrogens with two attached hydrogens (primary N) is 3. The topological polar surface area (TPSA) is 245 Å². The third-order valence-corrected chi connectivity index (χ3v) is 4.72. The maximum absolute atomic E-state index is 12.3. The molecule has 5 atom stereocenters. The summed E-state index contributed by atoms with van der Waals surface area (Å²) in [5.74, 6) is -3.01. The van der Waals surface area contributed by atoms with Gasteiger partial charge in [0.05, 0.1) is 18.7 Å². The van der Waals surface area contributed by atoms with Crippen molar-refractivity contribution in [3.8, 4) is 0 Å². The summed E-state index contributed by atoms with van der Waals surface area (Å²) in [6, 6.07) is -2.26. The monoisotopic (exact) mass is 474 g/mol. The Morgan fingerprint density at radius 1 is 1.24 bits per heavy atom. The summed E-state index contributed by atoms with van der Waals surface area (Å²) in [6.07, 6.45) is -1.28. The number of hydrogen-bond acceptors (Lipinski definition) is 9. The molecule has 14 heteroatoms. The highest BCUT2D eigenvalue weighted by Gasteiger charge is 2.46. The van der Waals surface area contributed by atoms with Gasteiger partial charge in [-0.15, -0.1) is 0 Å². The molecule has 0 aliphatic carbocycles. The van der Waals surface area contributed by atoms with Gasteiger partial charge in [0, 0.05) is 13.5 Å². The second kappa shape index (κ2) is 14.1. The van der Waals surface area contributed by atoms with Crippen LogP contribution in [0.1, 0.15) is 32.6 Å². The smallest absolute Gasteiger partial charge is 0.407 e. The second-order valence-electron chi connectivity index (χ2n) is 7.44. The van der Waals surface area contributed by atoms with E-state index >= 15 is 0 Å². The maximum Gasteiger partial charge on any atom is 0.407 e. The molecule has 1 aliphatic rings. The number of carboxylic acids is 1. The predicted octanol–water partition coefficient (Wildman–Crippen LogP) is -2.53. The Balaban J connectivity index is 3.11. The largest absolute Gasteiger partial charge is 0.477 e. The highest BCUT2D eigenvalue weighted by Crippen LogP contribution is 2.26. The van der Waals surface area contributed by atoms with Crippen LogP contribution in [0.2, 0.25) is 0 Å². The molecule has 0 bridgehead atoms. The fraction of sp³-hybridized carbons (Fsp3) is 0.684. The number of alkyl carbamates (subject to hydrolysis) is 1. The van der Waals surface area contributed by atoms with Crippen molar-refractivity contribution in [2.75, 3.05) is 19.7 Å². The van der Waals surface area contributed by atoms with E-state index in [1.54, 1.807) is 0 Å². The lowest BCUT2D eigenvalue weighted by Crippen LogP contribution is -2.61. The zero-order chi connectivity index (χ0) is 25.0. The zero-order valence-corrected chi connectivity index (χ0v) is 18.5. The number of carbonyl (C=O) groups is 3. The number of aliphatic hydroxyl groups excluding tert-OH is 2. The van der Waals surface area contributed by atoms with Crippen molar-refractivity contribution < 1.29 is 39.2 Å². The van der Waals surface area contributed by atoms with E-state index in [-0.39, 0.29) is 6.54 Å². The lowest BCUT2D eigenvalue weighted by atomic mass is 9.92. The number of amides is 2. The molecule has 1 heterocycles. The predicted molar refractivity (Wildman–Crippen MR) is 117 cm³/mol. The molecule has 0 fully saturated rings. The fourth-order valence-electron chi connectivity index (χ4n) is 3.24. The number of guanidine groups is 1. The molecule has 1 aliphatic heterocycles. The van der Waals surface area contributed by atoms with E-state index < -0.39 is 66.7 Å². The summed E-state index contributed by atoms with van der Waals surface area (Å²) in [7, 11) is 0. The molecule has 1 rings (SSSR count). The van der Waals surface area contributed by atoms with E-state index in [9.17, 15) is 29.7 Å². The van der Waals surface area contributed by atoms with Crippen LogP contribution in [0.5, 0.6) is 0 Å². The molecular formula is C19H34N6O8. The minimum atomic E-state index is -1.67. The van der Waals surface area contributed by atoms with E-state index in [4.69, 9.17) is 26.7 Å². The molecule has 188 valence electrons. The van der Waals surface area contributed by atoms with Gasteiger partial charge in [-0.3, -0.25) is 4.79 Å². The van der Waals surface area contributed by atoms with Crippen LogP contribution >= 0.6 is 0 Å². The minimum absolute atomic E-state index is 0.281. The number of unbranched alkanes of at least 4 members (excludes halogenated alkanes) is 3. The fourth-order valence-corrected chi connectivity index (χ4v) is 3.24. The molecule has 0 saturated heterocycles. The van der Waals surface area contributed by atoms with Gasteiger partial charge in [-0.1, -0.05) is 12.8 Å². The second-order valence-corrected chi connectivity index (χ2v) is 7.44. The molecule has 0 unspecified atom stereocenters. The molecule has 0 spiro atoms. The van der Waals surface area contributed by atoms with Crippen molar-refractivity contribution in [1.82, 2.24) is 10.6 Å². The summed E-state index contributed by atoms with van der Waals surface area (Å²) >= 11 is 0. The first-order valence-corrected chi connectivity index (χ1v) is 10.5. The summed E-state index contributed by atoms with van der Waals surface area (Å²) in [6.45, 7) is 1.21. The van der Waals surface area contributed by atoms with Gasteiger partial charge in [-0.05, 0) is 25.5 Å². The van der Waals surface area contributed by atoms with E-state index in [2.05, 4.69) is 15.6 Å². The van der Waals surface area contributed by atoms with E-state index in [1.807, 2.05) is 0 Å². The first kappa shape index (κ1) is 27.9. The van der Waals surface area contributed by atoms with Crippen LogP contribution in [-0.2, 0) is 19.1 Å². The quantitative estimate of drug-likeness (QED) is 0.0785. The zero-order valence-electron chi connectivity index (χ0n) is 18.5. The molecule has 0 aromatic heterocycles. The van der Waals surface area contributed by atoms with Crippen LogP contribution in [0.4, 0.5) is 4.79 Å². The van der Waals surface area contributed by atoms with Crippen molar-refractivity contribution in [2.45, 2.75) is 63.0 Å². The van der Waals surface area contributed by atoms with Crippen molar-refractivity contribution in [1.29, 1.82) is 0 Å². The molecule has 0 aromatic carbocycles. The van der Waals surface area contributed by atoms with E-state index in [1.165, 1.54) is 6.92 Å². The van der Waals surface area contributed by atoms with Crippen molar-refractivity contribution in [3.05, 3.63) is 11.8 Å². The number of aliphatic imine (C=N–C) groups is 1. The van der Waals surface area contributed by atoms with Gasteiger partial charge in [0.25, 0.3) is 0 Å². The number of carbonyl (C=O) groups excluding carboxylic acids is 2. The van der Waals surface area contributed by atoms with E-state index in [0.29, 0.717) is 13.0 Å². The number of ether oxygens (including phenoxy) is 2. The summed E-state index contributed by atoms with van der Waals surface area (Å²) in [5.41, 5.74) is 16.3. The van der Waals surface area contributed by atoms with Gasteiger partial charge < -0.3 is 52.6 Å². The molecule has 0 saturated carbocycles. The van der Waals surface area contributed by atoms with Crippen LogP contribution in [0.3, 0.4) is 0 Å². The first-order chi connectivity index (χ1) is 15.6. The highest BCUT2D eigenvalue weighted by molar-refractivity contribution is 5.85. The molecule has 0 radical (unpaired) electrons. The third-order valence-electron chi connectivity index (χ3n) is 4.72. The maximum atomic E-state index is 12.3. The Bertz CT molecular complexity index is 727. The minimum Gasteiger partial charge on any atom is -0.477 e. The Labute approximate surface area is 191 Å². The van der Waals surface area contributed by atoms with Crippen LogP contribution < -0.4 is 27.8 Å². The lowest BCUT2D eigenvalue weighted by Gasteiger charge is -2.39. The van der Waals surface area contributed by atoms with Gasteiger partial charge in [-0.25, -0.2) is 14.6 Å². The number of aliphatic carboxylic acids is 1. The average molecular weight is 475 g/mol. The Hall–Kier alpha value is -3.10. The third kappa shape index (κ3) is 9.51. The number of hydrogen-bond donors (Lipinski definition) is 8. The Morgan fingerprint density at radius 3 is 2.45 bits per heavy atom. The standard InChI is InChI=1S/C19H34N6O8/c1-10(27)24-14-11(25-18(21)22)8-13(17(29)30)32-16(14)15(12(28)9-26)33-19(31)23-7-5-3-2-4-6-20/h8,11-12,14-16,26,28H,2-7,9,20H2,1H3,(H,23,31)(H,24,27)(H,29,30)(H4,21,22,25)/t11-,12+,14+,15-,16+/m0/s1. The number of rotatable bonds is 13. The van der Waals surface area contributed by atoms with Gasteiger partial charge in [0.2, 0.25) is 11.7 Å². The van der Waals surface area contributed by atoms with Gasteiger partial charge in [0.15, 0.2) is 18.2 Å². The Kier molecular flexibility index (Phi) is 12.0. The number of carboxylic acid groups (broad SMARTS) is 1. The summed E-state index contributed by atoms with van der Waals surface area (Å²) < 4.78 is 10.7. The number of aliphatic hydroxyl groups is 2. The van der Waals surface area contributed by atoms with E-state index in [0.717, 1.165) is 25.3 Å². The lowest BCUT2D eigenvalue weighted by molar-refractivity contribution is -0.146. The molecular weight excluding hydrogens is 440 g/mol. The van der Waals surface area contributed by atoms with Gasteiger partial charge in [0.1, 0.15) is 6.10 Å². The van der Waals surface area contributed by atoms with Crippen molar-refractivity contribution in [3.63, 3.8) is 0 Å². The van der Waals surface area contributed by atoms with Gasteiger partial charge in [-0.2, -0.15) is 0 Å². The molecule has 2 amide bonds. The highest BCUT2D eigenvalue weighted by atomic mass is 16.6. The molecule has 11 N–H and O–H groups in total. The summed E-state index contributed by atoms with van der Waals surface area (Å²) in [4.78, 5) is 39.6. The Morgan fingerprint density at radius 2 is 1.91 bits per heavy atom. The average Bonchev–Trinajstić information content (AvgIpc) is 2.74. The normalized spacial score (nSPS) is 21.6. The molecule has 33 heavy (non-hydrogen) atoms. The SMILES string of the molecule is CC(=O)N[C@H]1[C@H]([C@@H](OC(=O)NCCCCCCN)[C@H](O)CO)OC(C(=O)O)=C[C@@H]1N=C(N)N. The van der Waals surface area contributed by atoms with Crippen LogP contribution in [-0.4, -0.2) is 89.3 Å². The van der Waals surface area contributed by atoms with Crippen molar-refractivity contribution >= 4 is 23.9 Å². The molecule has 14 nitrogen and oxygen atoms in total. The van der Waals surface area contributed by atoms with Crippen LogP contribution in [0.25, 0.3) is 0 Å². The van der Waals surface area contributed by atoms with Gasteiger partial charge >= 0.3 is 12.1 Å². The first-order valence-electron chi connectivity index (χ1n) is 10.5. The van der Waals surface area contributed by atoms with Crippen LogP contribution in [0.15, 0.2) is 16.8 Å². The summed E-state index contributed by atoms with van der Waals surface area (Å²) in [5, 5.41) is 34.2. The number of nitrogens with zero attached hydrogens (tertiary/aromatic N) is 1. The van der Waals surface area contributed by atoms with Crippen LogP contribution in [0, 0.1) is 0 Å². The number of nitrogens with one attached hydrogen (secondary N) is 2. The van der Waals surface area contributed by atoms with Crippen molar-refractivity contribution in [2.24, 2.45) is 22.2 Å². The molecule has 0 aromatic rings.